The van der Waals surface area contributed by atoms with Crippen LogP contribution in [0.25, 0.3) is 0 Å². The van der Waals surface area contributed by atoms with E-state index in [0.717, 1.165) is 24.2 Å². The normalized spacial score (nSPS) is 14.8. The molecular weight excluding hydrogens is 284 g/mol. The van der Waals surface area contributed by atoms with Gasteiger partial charge < -0.3 is 13.6 Å². The quantitative estimate of drug-likeness (QED) is 0.348. The fourth-order valence-corrected chi connectivity index (χ4v) is 3.29. The lowest BCUT2D eigenvalue weighted by Crippen LogP contribution is -2.28. The predicted octanol–water partition coefficient (Wildman–Crippen LogP) is 5.25. The molecule has 0 spiro atoms. The summed E-state index contributed by atoms with van der Waals surface area (Å²) in [6.45, 7) is 17.3. The van der Waals surface area contributed by atoms with E-state index in [0.29, 0.717) is 5.95 Å². The molecule has 0 aliphatic rings. The van der Waals surface area contributed by atoms with E-state index < -0.39 is 16.6 Å². The highest BCUT2D eigenvalue weighted by atomic mass is 28.4. The molecule has 0 radical (unpaired) electrons. The minimum atomic E-state index is -1.70. The van der Waals surface area contributed by atoms with Crippen molar-refractivity contribution in [3.63, 3.8) is 0 Å². The van der Waals surface area contributed by atoms with Crippen molar-refractivity contribution in [2.24, 2.45) is 0 Å². The van der Waals surface area contributed by atoms with Crippen molar-refractivity contribution >= 4 is 16.6 Å². The van der Waals surface area contributed by atoms with Gasteiger partial charge in [0.15, 0.2) is 0 Å². The first-order valence-electron chi connectivity index (χ1n) is 7.39. The van der Waals surface area contributed by atoms with E-state index in [9.17, 15) is 0 Å². The zero-order chi connectivity index (χ0) is 16.0. The Bertz CT molecular complexity index is 360. The van der Waals surface area contributed by atoms with Crippen LogP contribution < -0.4 is 0 Å². The van der Waals surface area contributed by atoms with E-state index in [1.165, 1.54) is 0 Å². The Morgan fingerprint density at radius 2 is 1.40 bits per heavy atom. The van der Waals surface area contributed by atoms with Crippen molar-refractivity contribution in [1.82, 2.24) is 0 Å². The van der Waals surface area contributed by atoms with Gasteiger partial charge in [0.05, 0.1) is 12.7 Å². The van der Waals surface area contributed by atoms with Crippen molar-refractivity contribution < 1.29 is 13.6 Å². The van der Waals surface area contributed by atoms with Crippen LogP contribution in [-0.2, 0) is 13.6 Å². The summed E-state index contributed by atoms with van der Waals surface area (Å²) >= 11 is 0. The Labute approximate surface area is 127 Å². The molecule has 0 aromatic rings. The lowest BCUT2D eigenvalue weighted by atomic mass is 10.1. The molecule has 0 aromatic heterocycles. The van der Waals surface area contributed by atoms with Gasteiger partial charge in [-0.25, -0.2) is 0 Å². The van der Waals surface area contributed by atoms with Gasteiger partial charge in [0.25, 0.3) is 5.95 Å². The molecule has 0 rings (SSSR count). The van der Waals surface area contributed by atoms with Gasteiger partial charge >= 0.3 is 0 Å². The van der Waals surface area contributed by atoms with Gasteiger partial charge in [0.2, 0.25) is 16.6 Å². The number of methoxy groups -OCH3 is 1. The summed E-state index contributed by atoms with van der Waals surface area (Å²) in [5, 5.41) is 0. The maximum Gasteiger partial charge on any atom is 0.272 e. The largest absolute Gasteiger partial charge is 0.544 e. The van der Waals surface area contributed by atoms with Crippen LogP contribution in [0, 0.1) is 0 Å². The van der Waals surface area contributed by atoms with E-state index >= 15 is 0 Å². The van der Waals surface area contributed by atoms with Gasteiger partial charge in [0.1, 0.15) is 5.76 Å². The van der Waals surface area contributed by atoms with Crippen molar-refractivity contribution in [3.8, 4) is 0 Å². The van der Waals surface area contributed by atoms with E-state index in [1.807, 2.05) is 0 Å². The number of allylic oxidation sites excluding steroid dienone is 2. The molecule has 0 heterocycles. The van der Waals surface area contributed by atoms with Crippen molar-refractivity contribution in [3.05, 3.63) is 23.4 Å². The second-order valence-corrected chi connectivity index (χ2v) is 15.6. The van der Waals surface area contributed by atoms with Crippen LogP contribution in [0.5, 0.6) is 0 Å². The van der Waals surface area contributed by atoms with E-state index in [-0.39, 0.29) is 0 Å². The lowest BCUT2D eigenvalue weighted by molar-refractivity contribution is 0.139. The van der Waals surface area contributed by atoms with Crippen molar-refractivity contribution in [2.45, 2.75) is 66.0 Å². The average Bonchev–Trinajstić information content (AvgIpc) is 2.25. The Balaban J connectivity index is 5.58. The molecule has 0 saturated heterocycles. The molecule has 20 heavy (non-hydrogen) atoms. The number of rotatable bonds is 8. The van der Waals surface area contributed by atoms with Crippen LogP contribution in [0.3, 0.4) is 0 Å². The molecule has 0 atom stereocenters. The summed E-state index contributed by atoms with van der Waals surface area (Å²) in [4.78, 5) is 0. The zero-order valence-corrected chi connectivity index (χ0v) is 16.7. The first-order chi connectivity index (χ1) is 9.04. The van der Waals surface area contributed by atoms with Gasteiger partial charge in [-0.05, 0) is 58.2 Å². The highest BCUT2D eigenvalue weighted by molar-refractivity contribution is 6.70. The van der Waals surface area contributed by atoms with Crippen LogP contribution in [0.1, 0.15) is 26.7 Å². The lowest BCUT2D eigenvalue weighted by Gasteiger charge is -2.27. The Morgan fingerprint density at radius 1 is 0.900 bits per heavy atom. The van der Waals surface area contributed by atoms with Gasteiger partial charge in [0, 0.05) is 0 Å². The van der Waals surface area contributed by atoms with Gasteiger partial charge in [-0.2, -0.15) is 0 Å². The molecule has 0 N–H and O–H groups in total. The van der Waals surface area contributed by atoms with Gasteiger partial charge in [-0.15, -0.1) is 0 Å². The topological polar surface area (TPSA) is 27.7 Å². The average molecular weight is 317 g/mol. The minimum absolute atomic E-state index is 0.629. The maximum atomic E-state index is 6.23. The van der Waals surface area contributed by atoms with Gasteiger partial charge in [-0.1, -0.05) is 13.8 Å². The molecule has 118 valence electrons. The predicted molar refractivity (Wildman–Crippen MR) is 91.6 cm³/mol. The SMILES string of the molecule is CC/C=C(O[Si](C)(C)C)\C(CC)=C(/OC)O[Si](C)(C)C. The summed E-state index contributed by atoms with van der Waals surface area (Å²) in [6, 6.07) is 0. The van der Waals surface area contributed by atoms with E-state index in [2.05, 4.69) is 59.2 Å². The highest BCUT2D eigenvalue weighted by Gasteiger charge is 2.25. The molecule has 0 unspecified atom stereocenters. The number of hydrogen-bond acceptors (Lipinski definition) is 3. The summed E-state index contributed by atoms with van der Waals surface area (Å²) < 4.78 is 17.8. The third-order valence-electron chi connectivity index (χ3n) is 2.29. The first kappa shape index (κ1) is 19.3. The molecule has 0 aromatic carbocycles. The molecule has 3 nitrogen and oxygen atoms in total. The molecule has 0 aliphatic heterocycles. The zero-order valence-electron chi connectivity index (χ0n) is 14.7. The van der Waals surface area contributed by atoms with Crippen LogP contribution in [0.15, 0.2) is 23.4 Å². The summed E-state index contributed by atoms with van der Waals surface area (Å²) in [5.74, 6) is 1.56. The van der Waals surface area contributed by atoms with Crippen LogP contribution >= 0.6 is 0 Å². The second kappa shape index (κ2) is 7.93. The summed E-state index contributed by atoms with van der Waals surface area (Å²) in [7, 11) is -1.69. The van der Waals surface area contributed by atoms with Crippen LogP contribution in [-0.4, -0.2) is 23.7 Å². The molecule has 0 bridgehead atoms. The third kappa shape index (κ3) is 7.79. The van der Waals surface area contributed by atoms with E-state index in [1.54, 1.807) is 7.11 Å². The maximum absolute atomic E-state index is 6.23. The molecule has 5 heteroatoms. The molecule has 0 aliphatic carbocycles. The Morgan fingerprint density at radius 3 is 1.70 bits per heavy atom. The summed E-state index contributed by atoms with van der Waals surface area (Å²) in [5.41, 5.74) is 1.04. The number of ether oxygens (including phenoxy) is 1. The van der Waals surface area contributed by atoms with E-state index in [4.69, 9.17) is 13.6 Å². The first-order valence-corrected chi connectivity index (χ1v) is 14.2. The van der Waals surface area contributed by atoms with Crippen LogP contribution in [0.2, 0.25) is 39.3 Å². The van der Waals surface area contributed by atoms with Crippen molar-refractivity contribution in [2.75, 3.05) is 7.11 Å². The van der Waals surface area contributed by atoms with Crippen LogP contribution in [0.4, 0.5) is 0 Å². The highest BCUT2D eigenvalue weighted by Crippen LogP contribution is 2.27. The monoisotopic (exact) mass is 316 g/mol. The molecule has 0 fully saturated rings. The van der Waals surface area contributed by atoms with Crippen molar-refractivity contribution in [1.29, 1.82) is 0 Å². The summed E-state index contributed by atoms with van der Waals surface area (Å²) in [6.07, 6.45) is 3.90. The fraction of sp³-hybridized carbons (Fsp3) is 0.733. The Hall–Kier alpha value is -0.686. The fourth-order valence-electron chi connectivity index (χ4n) is 1.67. The van der Waals surface area contributed by atoms with Gasteiger partial charge in [-0.3, -0.25) is 0 Å². The Kier molecular flexibility index (Phi) is 7.66. The smallest absolute Gasteiger partial charge is 0.272 e. The third-order valence-corrected chi connectivity index (χ3v) is 3.92. The molecule has 0 saturated carbocycles. The molecular formula is C15H32O3Si2. The second-order valence-electron chi connectivity index (χ2n) is 6.73. The number of hydrogen-bond donors (Lipinski definition) is 0. The molecule has 0 amide bonds. The standard InChI is InChI=1S/C15H32O3Si2/c1-10-12-14(17-19(4,5)6)13(11-2)15(16-3)18-20(7,8)9/h12H,10-11H2,1-9H3/b14-12+,15-13+. The minimum Gasteiger partial charge on any atom is -0.544 e.